The van der Waals surface area contributed by atoms with E-state index in [1.54, 1.807) is 7.05 Å². The van der Waals surface area contributed by atoms with Crippen LogP contribution in [0.4, 0.5) is 30.4 Å². The van der Waals surface area contributed by atoms with Gasteiger partial charge in [0.2, 0.25) is 0 Å². The molecule has 2 rings (SSSR count). The summed E-state index contributed by atoms with van der Waals surface area (Å²) in [6.07, 6.45) is -3.29. The molecule has 0 bridgehead atoms. The summed E-state index contributed by atoms with van der Waals surface area (Å²) in [6.45, 7) is 0. The highest BCUT2D eigenvalue weighted by Crippen LogP contribution is 2.31. The average molecular weight is 297 g/mol. The van der Waals surface area contributed by atoms with Gasteiger partial charge in [0.05, 0.1) is 10.5 Å². The summed E-state index contributed by atoms with van der Waals surface area (Å²) < 4.78 is 37.4. The van der Waals surface area contributed by atoms with Crippen LogP contribution in [-0.4, -0.2) is 17.0 Å². The summed E-state index contributed by atoms with van der Waals surface area (Å²) in [5, 5.41) is 10.5. The zero-order chi connectivity index (χ0) is 15.6. The molecule has 0 atom stereocenters. The molecule has 110 valence electrons. The highest BCUT2D eigenvalue weighted by Gasteiger charge is 2.30. The van der Waals surface area contributed by atoms with Crippen molar-refractivity contribution in [3.8, 4) is 0 Å². The van der Waals surface area contributed by atoms with Crippen LogP contribution in [0.3, 0.4) is 0 Å². The SMILES string of the molecule is CN(c1ccc(C(F)(F)F)cc1)c1ccc([N+](=O)[O-])cn1. The second kappa shape index (κ2) is 5.39. The van der Waals surface area contributed by atoms with Crippen molar-refractivity contribution in [1.29, 1.82) is 0 Å². The number of rotatable bonds is 3. The highest BCUT2D eigenvalue weighted by molar-refractivity contribution is 5.60. The molecule has 5 nitrogen and oxygen atoms in total. The molecule has 1 aromatic heterocycles. The number of nitro groups is 1. The molecule has 0 fully saturated rings. The lowest BCUT2D eigenvalue weighted by atomic mass is 10.2. The van der Waals surface area contributed by atoms with Crippen molar-refractivity contribution >= 4 is 17.2 Å². The summed E-state index contributed by atoms with van der Waals surface area (Å²) in [5.74, 6) is 0.389. The smallest absolute Gasteiger partial charge is 0.329 e. The molecule has 0 aliphatic rings. The lowest BCUT2D eigenvalue weighted by Gasteiger charge is -2.18. The Kier molecular flexibility index (Phi) is 3.79. The molecule has 0 unspecified atom stereocenters. The molecule has 0 radical (unpaired) electrons. The van der Waals surface area contributed by atoms with Gasteiger partial charge in [0.1, 0.15) is 12.0 Å². The number of hydrogen-bond donors (Lipinski definition) is 0. The monoisotopic (exact) mass is 297 g/mol. The van der Waals surface area contributed by atoms with E-state index >= 15 is 0 Å². The van der Waals surface area contributed by atoms with Crippen LogP contribution in [0.15, 0.2) is 42.6 Å². The number of halogens is 3. The van der Waals surface area contributed by atoms with Gasteiger partial charge in [0.25, 0.3) is 5.69 Å². The van der Waals surface area contributed by atoms with E-state index in [2.05, 4.69) is 4.98 Å². The Hall–Kier alpha value is -2.64. The molecule has 0 N–H and O–H groups in total. The highest BCUT2D eigenvalue weighted by atomic mass is 19.4. The van der Waals surface area contributed by atoms with Gasteiger partial charge in [0, 0.05) is 18.8 Å². The Morgan fingerprint density at radius 1 is 1.14 bits per heavy atom. The van der Waals surface area contributed by atoms with Crippen molar-refractivity contribution in [3.63, 3.8) is 0 Å². The van der Waals surface area contributed by atoms with Crippen LogP contribution in [-0.2, 0) is 6.18 Å². The minimum atomic E-state index is -4.39. The maximum Gasteiger partial charge on any atom is 0.416 e. The van der Waals surface area contributed by atoms with Gasteiger partial charge in [-0.2, -0.15) is 13.2 Å². The maximum absolute atomic E-state index is 12.5. The summed E-state index contributed by atoms with van der Waals surface area (Å²) in [5.41, 5.74) is -0.403. The van der Waals surface area contributed by atoms with E-state index in [-0.39, 0.29) is 5.69 Å². The van der Waals surface area contributed by atoms with Crippen molar-refractivity contribution in [2.75, 3.05) is 11.9 Å². The van der Waals surface area contributed by atoms with E-state index in [9.17, 15) is 23.3 Å². The fraction of sp³-hybridized carbons (Fsp3) is 0.154. The molecular formula is C13H10F3N3O2. The third-order valence-corrected chi connectivity index (χ3v) is 2.87. The first-order valence-corrected chi connectivity index (χ1v) is 5.80. The van der Waals surface area contributed by atoms with Crippen molar-refractivity contribution in [2.24, 2.45) is 0 Å². The van der Waals surface area contributed by atoms with Gasteiger partial charge in [-0.3, -0.25) is 10.1 Å². The topological polar surface area (TPSA) is 59.3 Å². The van der Waals surface area contributed by atoms with E-state index in [0.29, 0.717) is 11.5 Å². The number of anilines is 2. The lowest BCUT2D eigenvalue weighted by Crippen LogP contribution is -2.12. The lowest BCUT2D eigenvalue weighted by molar-refractivity contribution is -0.385. The molecule has 0 amide bonds. The molecule has 0 aliphatic heterocycles. The molecule has 2 aromatic rings. The summed E-state index contributed by atoms with van der Waals surface area (Å²) in [6, 6.07) is 7.27. The fourth-order valence-corrected chi connectivity index (χ4v) is 1.69. The average Bonchev–Trinajstić information content (AvgIpc) is 2.46. The minimum absolute atomic E-state index is 0.153. The van der Waals surface area contributed by atoms with Crippen LogP contribution in [0.25, 0.3) is 0 Å². The van der Waals surface area contributed by atoms with Gasteiger partial charge in [-0.1, -0.05) is 0 Å². The van der Waals surface area contributed by atoms with Crippen molar-refractivity contribution in [2.45, 2.75) is 6.18 Å². The molecule has 8 heteroatoms. The first-order chi connectivity index (χ1) is 9.79. The van der Waals surface area contributed by atoms with Crippen LogP contribution in [0.1, 0.15) is 5.56 Å². The first-order valence-electron chi connectivity index (χ1n) is 5.80. The van der Waals surface area contributed by atoms with E-state index in [4.69, 9.17) is 0 Å². The molecule has 1 aromatic carbocycles. The first kappa shape index (κ1) is 14.8. The van der Waals surface area contributed by atoms with Gasteiger partial charge in [0.15, 0.2) is 0 Å². The zero-order valence-corrected chi connectivity index (χ0v) is 10.8. The second-order valence-electron chi connectivity index (χ2n) is 4.24. The van der Waals surface area contributed by atoms with Crippen molar-refractivity contribution < 1.29 is 18.1 Å². The quantitative estimate of drug-likeness (QED) is 0.639. The molecule has 0 saturated carbocycles. The van der Waals surface area contributed by atoms with E-state index in [1.165, 1.54) is 29.2 Å². The van der Waals surface area contributed by atoms with Crippen LogP contribution in [0.2, 0.25) is 0 Å². The predicted octanol–water partition coefficient (Wildman–Crippen LogP) is 3.78. The predicted molar refractivity (Wildman–Crippen MR) is 70.4 cm³/mol. The molecule has 0 spiro atoms. The maximum atomic E-state index is 12.5. The Labute approximate surface area is 117 Å². The Morgan fingerprint density at radius 2 is 1.76 bits per heavy atom. The Bertz CT molecular complexity index is 639. The molecule has 1 heterocycles. The minimum Gasteiger partial charge on any atom is -0.329 e. The Morgan fingerprint density at radius 3 is 2.19 bits per heavy atom. The Balaban J connectivity index is 2.23. The number of nitrogens with zero attached hydrogens (tertiary/aromatic N) is 3. The number of hydrogen-bond acceptors (Lipinski definition) is 4. The largest absolute Gasteiger partial charge is 0.416 e. The molecule has 0 saturated heterocycles. The van der Waals surface area contributed by atoms with Gasteiger partial charge in [-0.15, -0.1) is 0 Å². The van der Waals surface area contributed by atoms with Gasteiger partial charge < -0.3 is 4.90 Å². The number of benzene rings is 1. The van der Waals surface area contributed by atoms with E-state index in [0.717, 1.165) is 18.3 Å². The van der Waals surface area contributed by atoms with E-state index < -0.39 is 16.7 Å². The van der Waals surface area contributed by atoms with E-state index in [1.807, 2.05) is 0 Å². The van der Waals surface area contributed by atoms with Crippen molar-refractivity contribution in [1.82, 2.24) is 4.98 Å². The van der Waals surface area contributed by atoms with Crippen LogP contribution in [0.5, 0.6) is 0 Å². The van der Waals surface area contributed by atoms with Crippen LogP contribution < -0.4 is 4.90 Å². The third-order valence-electron chi connectivity index (χ3n) is 2.87. The van der Waals surface area contributed by atoms with Crippen molar-refractivity contribution in [3.05, 3.63) is 58.3 Å². The summed E-state index contributed by atoms with van der Waals surface area (Å²) in [4.78, 5) is 15.4. The summed E-state index contributed by atoms with van der Waals surface area (Å²) >= 11 is 0. The number of aromatic nitrogens is 1. The van der Waals surface area contributed by atoms with Gasteiger partial charge in [-0.05, 0) is 30.3 Å². The summed E-state index contributed by atoms with van der Waals surface area (Å²) in [7, 11) is 1.61. The zero-order valence-electron chi connectivity index (χ0n) is 10.8. The molecule has 21 heavy (non-hydrogen) atoms. The molecule has 0 aliphatic carbocycles. The second-order valence-corrected chi connectivity index (χ2v) is 4.24. The standard InChI is InChI=1S/C13H10F3N3O2/c1-18(12-7-6-11(8-17-12)19(20)21)10-4-2-9(3-5-10)13(14,15)16/h2-8H,1H3. The van der Waals surface area contributed by atoms with Gasteiger partial charge in [-0.25, -0.2) is 4.98 Å². The normalized spacial score (nSPS) is 11.2. The fourth-order valence-electron chi connectivity index (χ4n) is 1.69. The number of alkyl halides is 3. The number of pyridine rings is 1. The van der Waals surface area contributed by atoms with Crippen LogP contribution in [0, 0.1) is 10.1 Å². The van der Waals surface area contributed by atoms with Crippen LogP contribution >= 0.6 is 0 Å². The third kappa shape index (κ3) is 3.28. The van der Waals surface area contributed by atoms with Gasteiger partial charge >= 0.3 is 6.18 Å². The molecular weight excluding hydrogens is 287 g/mol.